The van der Waals surface area contributed by atoms with Gasteiger partial charge in [0, 0.05) is 12.6 Å². The molecule has 1 aromatic carbocycles. The molecule has 0 unspecified atom stereocenters. The largest absolute Gasteiger partial charge is 0.481 e. The zero-order valence-corrected chi connectivity index (χ0v) is 11.6. The lowest BCUT2D eigenvalue weighted by Crippen LogP contribution is -2.35. The quantitative estimate of drug-likeness (QED) is 0.830. The van der Waals surface area contributed by atoms with E-state index in [1.54, 1.807) is 6.07 Å². The number of halogens is 1. The van der Waals surface area contributed by atoms with Crippen LogP contribution in [-0.2, 0) is 21.4 Å². The number of hydrogen-bond acceptors (Lipinski definition) is 3. The Balaban J connectivity index is 2.13. The number of carboxylic acids is 1. The van der Waals surface area contributed by atoms with E-state index in [-0.39, 0.29) is 12.6 Å². The summed E-state index contributed by atoms with van der Waals surface area (Å²) in [5.41, 5.74) is 0.566. The van der Waals surface area contributed by atoms with Crippen molar-refractivity contribution in [2.75, 3.05) is 5.75 Å². The smallest absolute Gasteiger partial charge is 0.304 e. The molecule has 110 valence electrons. The van der Waals surface area contributed by atoms with Gasteiger partial charge in [-0.1, -0.05) is 12.1 Å². The maximum Gasteiger partial charge on any atom is 0.304 e. The number of carboxylic acid groups (broad SMARTS) is 1. The molecule has 0 heterocycles. The van der Waals surface area contributed by atoms with Crippen LogP contribution in [0.4, 0.5) is 4.39 Å². The van der Waals surface area contributed by atoms with Crippen molar-refractivity contribution in [1.82, 2.24) is 4.31 Å². The van der Waals surface area contributed by atoms with Crippen LogP contribution in [0.5, 0.6) is 0 Å². The molecule has 1 saturated carbocycles. The first-order valence-corrected chi connectivity index (χ1v) is 7.95. The van der Waals surface area contributed by atoms with E-state index in [9.17, 15) is 17.6 Å². The van der Waals surface area contributed by atoms with Gasteiger partial charge in [0.25, 0.3) is 0 Å². The second kappa shape index (κ2) is 5.88. The average molecular weight is 301 g/mol. The second-order valence-electron chi connectivity index (χ2n) is 4.87. The summed E-state index contributed by atoms with van der Waals surface area (Å²) < 4.78 is 38.8. The second-order valence-corrected chi connectivity index (χ2v) is 6.91. The Kier molecular flexibility index (Phi) is 4.39. The van der Waals surface area contributed by atoms with Gasteiger partial charge in [-0.2, -0.15) is 4.31 Å². The number of rotatable bonds is 7. The van der Waals surface area contributed by atoms with Gasteiger partial charge in [-0.3, -0.25) is 4.79 Å². The fraction of sp³-hybridized carbons (Fsp3) is 0.462. The number of benzene rings is 1. The van der Waals surface area contributed by atoms with Gasteiger partial charge in [-0.15, -0.1) is 0 Å². The fourth-order valence-corrected chi connectivity index (χ4v) is 3.64. The lowest BCUT2D eigenvalue weighted by atomic mass is 10.2. The van der Waals surface area contributed by atoms with Crippen LogP contribution in [0.2, 0.25) is 0 Å². The van der Waals surface area contributed by atoms with Crippen molar-refractivity contribution in [2.45, 2.75) is 31.8 Å². The Morgan fingerprint density at radius 1 is 1.40 bits per heavy atom. The number of nitrogens with zero attached hydrogens (tertiary/aromatic N) is 1. The highest BCUT2D eigenvalue weighted by Gasteiger charge is 2.37. The third-order valence-electron chi connectivity index (χ3n) is 3.11. The van der Waals surface area contributed by atoms with E-state index in [4.69, 9.17) is 5.11 Å². The van der Waals surface area contributed by atoms with E-state index < -0.39 is 34.0 Å². The van der Waals surface area contributed by atoms with Crippen LogP contribution in [-0.4, -0.2) is 35.6 Å². The molecule has 0 radical (unpaired) electrons. The molecule has 20 heavy (non-hydrogen) atoms. The third kappa shape index (κ3) is 4.01. The van der Waals surface area contributed by atoms with E-state index in [0.717, 1.165) is 12.8 Å². The lowest BCUT2D eigenvalue weighted by Gasteiger charge is -2.21. The summed E-state index contributed by atoms with van der Waals surface area (Å²) in [5.74, 6) is -1.98. The molecule has 0 saturated heterocycles. The zero-order chi connectivity index (χ0) is 14.8. The maximum atomic E-state index is 13.1. The van der Waals surface area contributed by atoms with Gasteiger partial charge in [-0.05, 0) is 30.5 Å². The predicted molar refractivity (Wildman–Crippen MR) is 71.0 cm³/mol. The molecule has 1 N–H and O–H groups in total. The summed E-state index contributed by atoms with van der Waals surface area (Å²) in [4.78, 5) is 10.5. The lowest BCUT2D eigenvalue weighted by molar-refractivity contribution is -0.136. The van der Waals surface area contributed by atoms with E-state index in [2.05, 4.69) is 0 Å². The number of carbonyl (C=O) groups is 1. The molecule has 0 spiro atoms. The SMILES string of the molecule is O=C(O)CCS(=O)(=O)N(Cc1cccc(F)c1)C1CC1. The van der Waals surface area contributed by atoms with E-state index in [0.29, 0.717) is 5.56 Å². The highest BCUT2D eigenvalue weighted by atomic mass is 32.2. The van der Waals surface area contributed by atoms with Gasteiger partial charge in [0.05, 0.1) is 12.2 Å². The van der Waals surface area contributed by atoms with Crippen molar-refractivity contribution in [3.05, 3.63) is 35.6 Å². The van der Waals surface area contributed by atoms with Crippen LogP contribution >= 0.6 is 0 Å². The minimum absolute atomic E-state index is 0.0861. The monoisotopic (exact) mass is 301 g/mol. The van der Waals surface area contributed by atoms with Crippen molar-refractivity contribution in [1.29, 1.82) is 0 Å². The molecule has 5 nitrogen and oxygen atoms in total. The zero-order valence-electron chi connectivity index (χ0n) is 10.8. The normalized spacial score (nSPS) is 15.5. The molecule has 1 aliphatic carbocycles. The highest BCUT2D eigenvalue weighted by molar-refractivity contribution is 7.89. The molecule has 0 atom stereocenters. The van der Waals surface area contributed by atoms with Crippen molar-refractivity contribution >= 4 is 16.0 Å². The maximum absolute atomic E-state index is 13.1. The van der Waals surface area contributed by atoms with Crippen molar-refractivity contribution in [3.8, 4) is 0 Å². The summed E-state index contributed by atoms with van der Waals surface area (Å²) >= 11 is 0. The molecule has 2 rings (SSSR count). The van der Waals surface area contributed by atoms with E-state index >= 15 is 0 Å². The summed E-state index contributed by atoms with van der Waals surface area (Å²) in [7, 11) is -3.64. The molecule has 1 fully saturated rings. The Bertz CT molecular complexity index is 598. The van der Waals surface area contributed by atoms with Crippen LogP contribution in [0, 0.1) is 5.82 Å². The van der Waals surface area contributed by atoms with Crippen LogP contribution in [0.1, 0.15) is 24.8 Å². The first-order valence-electron chi connectivity index (χ1n) is 6.34. The molecule has 7 heteroatoms. The average Bonchev–Trinajstić information content (AvgIpc) is 3.18. The van der Waals surface area contributed by atoms with Crippen LogP contribution in [0.25, 0.3) is 0 Å². The third-order valence-corrected chi connectivity index (χ3v) is 4.97. The molecular weight excluding hydrogens is 285 g/mol. The van der Waals surface area contributed by atoms with Gasteiger partial charge < -0.3 is 5.11 Å². The van der Waals surface area contributed by atoms with Crippen molar-refractivity contribution in [2.24, 2.45) is 0 Å². The molecule has 0 aliphatic heterocycles. The molecule has 0 amide bonds. The van der Waals surface area contributed by atoms with Crippen molar-refractivity contribution < 1.29 is 22.7 Å². The molecular formula is C13H16FNO4S. The molecule has 1 aromatic rings. The first-order chi connectivity index (χ1) is 9.38. The fourth-order valence-electron chi connectivity index (χ4n) is 1.97. The van der Waals surface area contributed by atoms with E-state index in [1.165, 1.54) is 22.5 Å². The first kappa shape index (κ1) is 14.9. The van der Waals surface area contributed by atoms with E-state index in [1.807, 2.05) is 0 Å². The standard InChI is InChI=1S/C13H16FNO4S/c14-11-3-1-2-10(8-11)9-15(12-4-5-12)20(18,19)7-6-13(16)17/h1-3,8,12H,4-7,9H2,(H,16,17). The highest BCUT2D eigenvalue weighted by Crippen LogP contribution is 2.31. The summed E-state index contributed by atoms with van der Waals surface area (Å²) in [5, 5.41) is 8.61. The number of sulfonamides is 1. The minimum atomic E-state index is -3.64. The summed E-state index contributed by atoms with van der Waals surface area (Å²) in [6.07, 6.45) is 1.11. The Morgan fingerprint density at radius 3 is 2.65 bits per heavy atom. The topological polar surface area (TPSA) is 74.7 Å². The predicted octanol–water partition coefficient (Wildman–Crippen LogP) is 1.59. The van der Waals surface area contributed by atoms with Crippen molar-refractivity contribution in [3.63, 3.8) is 0 Å². The molecule has 1 aliphatic rings. The Hall–Kier alpha value is -1.47. The minimum Gasteiger partial charge on any atom is -0.481 e. The van der Waals surface area contributed by atoms with Gasteiger partial charge >= 0.3 is 5.97 Å². The van der Waals surface area contributed by atoms with Crippen LogP contribution in [0.3, 0.4) is 0 Å². The molecule has 0 aromatic heterocycles. The number of hydrogen-bond donors (Lipinski definition) is 1. The van der Waals surface area contributed by atoms with Gasteiger partial charge in [0.2, 0.25) is 10.0 Å². The van der Waals surface area contributed by atoms with Crippen LogP contribution in [0.15, 0.2) is 24.3 Å². The number of aliphatic carboxylic acids is 1. The van der Waals surface area contributed by atoms with Gasteiger partial charge in [0.1, 0.15) is 5.82 Å². The van der Waals surface area contributed by atoms with Crippen LogP contribution < -0.4 is 0 Å². The summed E-state index contributed by atoms with van der Waals surface area (Å²) in [6.45, 7) is 0.0877. The Labute approximate surface area is 117 Å². The summed E-state index contributed by atoms with van der Waals surface area (Å²) in [6, 6.07) is 5.69. The van der Waals surface area contributed by atoms with Gasteiger partial charge in [0.15, 0.2) is 0 Å². The Morgan fingerprint density at radius 2 is 2.10 bits per heavy atom. The molecule has 0 bridgehead atoms. The van der Waals surface area contributed by atoms with Gasteiger partial charge in [-0.25, -0.2) is 12.8 Å².